The van der Waals surface area contributed by atoms with Gasteiger partial charge in [0.25, 0.3) is 0 Å². The van der Waals surface area contributed by atoms with Crippen LogP contribution in [0, 0.1) is 0 Å². The first kappa shape index (κ1) is 18.6. The van der Waals surface area contributed by atoms with Crippen molar-refractivity contribution in [3.8, 4) is 0 Å². The van der Waals surface area contributed by atoms with Crippen molar-refractivity contribution in [2.45, 2.75) is 38.5 Å². The molecular weight excluding hydrogens is 354 g/mol. The lowest BCUT2D eigenvalue weighted by molar-refractivity contribution is -0.161. The van der Waals surface area contributed by atoms with Gasteiger partial charge in [0, 0.05) is 24.7 Å². The van der Waals surface area contributed by atoms with Crippen molar-refractivity contribution in [3.05, 3.63) is 47.2 Å². The molecule has 1 fully saturated rings. The van der Waals surface area contributed by atoms with Crippen LogP contribution in [0.3, 0.4) is 0 Å². The van der Waals surface area contributed by atoms with E-state index in [1.807, 2.05) is 6.21 Å². The molecule has 28 heavy (non-hydrogen) atoms. The number of benzene rings is 1. The molecule has 1 aromatic carbocycles. The van der Waals surface area contributed by atoms with Crippen LogP contribution in [0.1, 0.15) is 42.4 Å². The Kier molecular flexibility index (Phi) is 5.94. The Labute approximate surface area is 164 Å². The number of hydrogen-bond donors (Lipinski definition) is 2. The van der Waals surface area contributed by atoms with E-state index in [1.54, 1.807) is 12.3 Å². The van der Waals surface area contributed by atoms with Gasteiger partial charge in [0.1, 0.15) is 5.82 Å². The van der Waals surface area contributed by atoms with Gasteiger partial charge in [0.2, 0.25) is 5.95 Å². The van der Waals surface area contributed by atoms with Gasteiger partial charge in [-0.25, -0.2) is 4.98 Å². The zero-order chi connectivity index (χ0) is 19.2. The van der Waals surface area contributed by atoms with Crippen molar-refractivity contribution in [2.24, 2.45) is 4.99 Å². The molecule has 3 heterocycles. The molecule has 1 atom stereocenters. The third-order valence-electron chi connectivity index (χ3n) is 4.77. The molecular formula is C21H25N5O2. The fraction of sp³-hybridized carbons (Fsp3) is 0.381. The average molecular weight is 379 g/mol. The SMILES string of the molecule is Nc1nccc(Nc2cc3c(c(/C=C/CCOC4CCCCO4)c2)CN=C3)n1. The molecule has 0 aliphatic carbocycles. The summed E-state index contributed by atoms with van der Waals surface area (Å²) < 4.78 is 11.4. The van der Waals surface area contributed by atoms with Gasteiger partial charge < -0.3 is 20.5 Å². The lowest BCUT2D eigenvalue weighted by Crippen LogP contribution is -2.22. The second kappa shape index (κ2) is 8.95. The smallest absolute Gasteiger partial charge is 0.221 e. The minimum atomic E-state index is -0.0346. The molecule has 2 aromatic rings. The molecule has 0 bridgehead atoms. The normalized spacial score (nSPS) is 18.5. The molecule has 0 radical (unpaired) electrons. The second-order valence-corrected chi connectivity index (χ2v) is 6.89. The molecule has 146 valence electrons. The third-order valence-corrected chi connectivity index (χ3v) is 4.77. The van der Waals surface area contributed by atoms with Crippen LogP contribution in [0.25, 0.3) is 6.08 Å². The first-order valence-corrected chi connectivity index (χ1v) is 9.70. The number of ether oxygens (including phenoxy) is 2. The average Bonchev–Trinajstić information content (AvgIpc) is 3.17. The molecule has 0 saturated carbocycles. The van der Waals surface area contributed by atoms with E-state index in [-0.39, 0.29) is 12.2 Å². The topological polar surface area (TPSA) is 94.7 Å². The van der Waals surface area contributed by atoms with Crippen LogP contribution in [0.2, 0.25) is 0 Å². The lowest BCUT2D eigenvalue weighted by atomic mass is 10.0. The highest BCUT2D eigenvalue weighted by atomic mass is 16.7. The molecule has 2 aliphatic rings. The van der Waals surface area contributed by atoms with Gasteiger partial charge in [0.05, 0.1) is 13.2 Å². The Morgan fingerprint density at radius 2 is 2.29 bits per heavy atom. The molecule has 0 amide bonds. The number of fused-ring (bicyclic) bond motifs is 1. The van der Waals surface area contributed by atoms with Crippen LogP contribution < -0.4 is 11.1 Å². The summed E-state index contributed by atoms with van der Waals surface area (Å²) >= 11 is 0. The number of nitrogen functional groups attached to an aromatic ring is 1. The van der Waals surface area contributed by atoms with Gasteiger partial charge in [-0.15, -0.1) is 0 Å². The van der Waals surface area contributed by atoms with Crippen LogP contribution in [-0.2, 0) is 16.0 Å². The number of nitrogens with zero attached hydrogens (tertiary/aromatic N) is 3. The summed E-state index contributed by atoms with van der Waals surface area (Å²) in [5.41, 5.74) is 10.1. The minimum Gasteiger partial charge on any atom is -0.368 e. The summed E-state index contributed by atoms with van der Waals surface area (Å²) in [7, 11) is 0. The maximum Gasteiger partial charge on any atom is 0.221 e. The van der Waals surface area contributed by atoms with Crippen molar-refractivity contribution in [1.29, 1.82) is 0 Å². The zero-order valence-corrected chi connectivity index (χ0v) is 15.8. The highest BCUT2D eigenvalue weighted by Gasteiger charge is 2.14. The van der Waals surface area contributed by atoms with E-state index in [2.05, 4.69) is 44.6 Å². The molecule has 0 spiro atoms. The largest absolute Gasteiger partial charge is 0.368 e. The van der Waals surface area contributed by atoms with Gasteiger partial charge in [-0.2, -0.15) is 4.98 Å². The molecule has 4 rings (SSSR count). The monoisotopic (exact) mass is 379 g/mol. The third kappa shape index (κ3) is 4.74. The number of aromatic nitrogens is 2. The van der Waals surface area contributed by atoms with E-state index < -0.39 is 0 Å². The van der Waals surface area contributed by atoms with E-state index in [4.69, 9.17) is 15.2 Å². The van der Waals surface area contributed by atoms with Crippen LogP contribution >= 0.6 is 0 Å². The predicted molar refractivity (Wildman–Crippen MR) is 111 cm³/mol. The number of rotatable bonds is 7. The number of aliphatic imine (C=N–C) groups is 1. The maximum absolute atomic E-state index is 5.79. The van der Waals surface area contributed by atoms with Crippen molar-refractivity contribution in [2.75, 3.05) is 24.3 Å². The fourth-order valence-electron chi connectivity index (χ4n) is 3.38. The van der Waals surface area contributed by atoms with Gasteiger partial charge in [-0.05, 0) is 60.6 Å². The van der Waals surface area contributed by atoms with Crippen LogP contribution in [0.5, 0.6) is 0 Å². The summed E-state index contributed by atoms with van der Waals surface area (Å²) in [6, 6.07) is 5.97. The van der Waals surface area contributed by atoms with Gasteiger partial charge >= 0.3 is 0 Å². The van der Waals surface area contributed by atoms with Crippen molar-refractivity contribution in [1.82, 2.24) is 9.97 Å². The molecule has 1 unspecified atom stereocenters. The van der Waals surface area contributed by atoms with Crippen molar-refractivity contribution >= 4 is 29.7 Å². The van der Waals surface area contributed by atoms with Crippen molar-refractivity contribution < 1.29 is 9.47 Å². The van der Waals surface area contributed by atoms with E-state index in [9.17, 15) is 0 Å². The first-order valence-electron chi connectivity index (χ1n) is 9.70. The van der Waals surface area contributed by atoms with Crippen LogP contribution in [-0.4, -0.2) is 35.7 Å². The van der Waals surface area contributed by atoms with E-state index >= 15 is 0 Å². The molecule has 1 aromatic heterocycles. The highest BCUT2D eigenvalue weighted by molar-refractivity contribution is 5.89. The highest BCUT2D eigenvalue weighted by Crippen LogP contribution is 2.27. The van der Waals surface area contributed by atoms with E-state index in [0.29, 0.717) is 19.0 Å². The summed E-state index contributed by atoms with van der Waals surface area (Å²) in [5, 5.41) is 3.29. The van der Waals surface area contributed by atoms with Gasteiger partial charge in [0.15, 0.2) is 6.29 Å². The van der Waals surface area contributed by atoms with Crippen LogP contribution in [0.4, 0.5) is 17.5 Å². The Morgan fingerprint density at radius 1 is 1.32 bits per heavy atom. The summed E-state index contributed by atoms with van der Waals surface area (Å²) in [6.45, 7) is 2.19. The summed E-state index contributed by atoms with van der Waals surface area (Å²) in [4.78, 5) is 12.5. The molecule has 7 nitrogen and oxygen atoms in total. The van der Waals surface area contributed by atoms with Crippen molar-refractivity contribution in [3.63, 3.8) is 0 Å². The first-order chi connectivity index (χ1) is 13.8. The Balaban J connectivity index is 1.40. The zero-order valence-electron chi connectivity index (χ0n) is 15.8. The van der Waals surface area contributed by atoms with Gasteiger partial charge in [-0.1, -0.05) is 12.2 Å². The van der Waals surface area contributed by atoms with Crippen LogP contribution in [0.15, 0.2) is 35.5 Å². The minimum absolute atomic E-state index is 0.0346. The number of anilines is 3. The van der Waals surface area contributed by atoms with E-state index in [0.717, 1.165) is 42.7 Å². The fourth-order valence-corrected chi connectivity index (χ4v) is 3.38. The Hall–Kier alpha value is -2.77. The summed E-state index contributed by atoms with van der Waals surface area (Å²) in [5.74, 6) is 0.910. The van der Waals surface area contributed by atoms with Gasteiger partial charge in [-0.3, -0.25) is 4.99 Å². The number of nitrogens with one attached hydrogen (secondary N) is 1. The molecule has 3 N–H and O–H groups in total. The lowest BCUT2D eigenvalue weighted by Gasteiger charge is -2.22. The maximum atomic E-state index is 5.79. The Bertz CT molecular complexity index is 875. The molecule has 2 aliphatic heterocycles. The molecule has 7 heteroatoms. The predicted octanol–water partition coefficient (Wildman–Crippen LogP) is 3.68. The molecule has 1 saturated heterocycles. The standard InChI is InChI=1S/C21H25N5O2/c22-21-24-8-7-19(26-21)25-17-11-15(18-14-23-13-16(18)12-17)5-1-3-9-27-20-6-2-4-10-28-20/h1,5,7-8,11-13,20H,2-4,6,9-10,14H2,(H3,22,24,25,26)/b5-1+. The van der Waals surface area contributed by atoms with E-state index in [1.165, 1.54) is 12.0 Å². The number of hydrogen-bond acceptors (Lipinski definition) is 7. The Morgan fingerprint density at radius 3 is 3.14 bits per heavy atom. The second-order valence-electron chi connectivity index (χ2n) is 6.89. The summed E-state index contributed by atoms with van der Waals surface area (Å²) in [6.07, 6.45) is 12.0. The number of nitrogens with two attached hydrogens (primary N) is 1. The quantitative estimate of drug-likeness (QED) is 0.713.